The number of hydrogen-bond acceptors (Lipinski definition) is 6. The Balaban J connectivity index is 1.16. The van der Waals surface area contributed by atoms with Crippen LogP contribution in [0.5, 0.6) is 5.75 Å². The number of ether oxygens (including phenoxy) is 1. The van der Waals surface area contributed by atoms with E-state index in [9.17, 15) is 4.79 Å². The third-order valence-electron chi connectivity index (χ3n) is 7.13. The quantitative estimate of drug-likeness (QED) is 0.733. The van der Waals surface area contributed by atoms with Gasteiger partial charge in [-0.05, 0) is 74.7 Å². The highest BCUT2D eigenvalue weighted by atomic mass is 16.5. The van der Waals surface area contributed by atoms with Crippen molar-refractivity contribution in [2.45, 2.75) is 37.6 Å². The molecule has 5 rings (SSSR count). The highest BCUT2D eigenvalue weighted by Gasteiger charge is 2.28. The molecule has 1 amide bonds. The molecule has 3 aliphatic heterocycles. The van der Waals surface area contributed by atoms with E-state index >= 15 is 0 Å². The minimum atomic E-state index is 0.108. The molecule has 7 nitrogen and oxygen atoms in total. The Morgan fingerprint density at radius 3 is 2.47 bits per heavy atom. The average Bonchev–Trinajstić information content (AvgIpc) is 3.44. The Bertz CT molecular complexity index is 1050. The molecule has 2 saturated heterocycles. The zero-order valence-electron chi connectivity index (χ0n) is 19.8. The van der Waals surface area contributed by atoms with Crippen LogP contribution in [0.4, 0.5) is 5.69 Å². The molecule has 0 spiro atoms. The highest BCUT2D eigenvalue weighted by molar-refractivity contribution is 6.02. The lowest BCUT2D eigenvalue weighted by Crippen LogP contribution is -2.45. The van der Waals surface area contributed by atoms with Gasteiger partial charge in [-0.1, -0.05) is 18.2 Å². The molecule has 34 heavy (non-hydrogen) atoms. The van der Waals surface area contributed by atoms with Gasteiger partial charge in [0.05, 0.1) is 13.7 Å². The normalized spacial score (nSPS) is 21.4. The maximum atomic E-state index is 13.1. The second-order valence-corrected chi connectivity index (χ2v) is 9.29. The summed E-state index contributed by atoms with van der Waals surface area (Å²) in [7, 11) is 1.67. The Morgan fingerprint density at radius 2 is 1.79 bits per heavy atom. The zero-order valence-corrected chi connectivity index (χ0v) is 19.8. The number of methoxy groups -OCH3 is 1. The fraction of sp³-hybridized carbons (Fsp3) is 0.444. The highest BCUT2D eigenvalue weighted by Crippen LogP contribution is 2.24. The minimum Gasteiger partial charge on any atom is -0.497 e. The first kappa shape index (κ1) is 22.6. The number of piperidine rings is 1. The van der Waals surface area contributed by atoms with Crippen molar-refractivity contribution in [3.8, 4) is 5.75 Å². The van der Waals surface area contributed by atoms with Gasteiger partial charge >= 0.3 is 0 Å². The first-order valence-corrected chi connectivity index (χ1v) is 12.3. The molecular weight excluding hydrogens is 426 g/mol. The smallest absolute Gasteiger partial charge is 0.253 e. The number of anilines is 1. The largest absolute Gasteiger partial charge is 0.497 e. The van der Waals surface area contributed by atoms with Crippen LogP contribution >= 0.6 is 0 Å². The maximum absolute atomic E-state index is 13.1. The van der Waals surface area contributed by atoms with Crippen molar-refractivity contribution in [1.29, 1.82) is 0 Å². The molecule has 178 valence electrons. The van der Waals surface area contributed by atoms with E-state index < -0.39 is 0 Å². The van der Waals surface area contributed by atoms with Gasteiger partial charge in [-0.2, -0.15) is 0 Å². The number of likely N-dealkylation sites (tertiary alicyclic amines) is 2. The standard InChI is InChI=1S/C27H33N5O2/c1-34-25-9-7-20(8-10-25)22-18-28-27(29-19-22)30-23-6-4-5-21(17-23)26(33)32-15-11-24(12-16-32)31-13-2-3-14-31/h4-10,17-18,22,24H,2-3,11-16,19H2,1H3,(H,29,30). The molecule has 0 bridgehead atoms. The summed E-state index contributed by atoms with van der Waals surface area (Å²) in [6.45, 7) is 4.74. The van der Waals surface area contributed by atoms with Crippen LogP contribution in [0.2, 0.25) is 0 Å². The topological polar surface area (TPSA) is 69.5 Å². The number of nitrogens with zero attached hydrogens (tertiary/aromatic N) is 4. The third kappa shape index (κ3) is 5.14. The van der Waals surface area contributed by atoms with E-state index in [2.05, 4.69) is 20.2 Å². The van der Waals surface area contributed by atoms with E-state index in [0.717, 1.165) is 42.9 Å². The summed E-state index contributed by atoms with van der Waals surface area (Å²) < 4.78 is 5.23. The Labute approximate surface area is 201 Å². The van der Waals surface area contributed by atoms with Crippen LogP contribution in [0.3, 0.4) is 0 Å². The first-order valence-electron chi connectivity index (χ1n) is 12.3. The lowest BCUT2D eigenvalue weighted by atomic mass is 10.00. The first-order chi connectivity index (χ1) is 16.7. The molecule has 3 heterocycles. The number of hydrogen-bond donors (Lipinski definition) is 1. The van der Waals surface area contributed by atoms with Crippen LogP contribution < -0.4 is 10.1 Å². The molecule has 0 saturated carbocycles. The van der Waals surface area contributed by atoms with E-state index in [0.29, 0.717) is 24.1 Å². The van der Waals surface area contributed by atoms with Gasteiger partial charge in [0.2, 0.25) is 5.96 Å². The summed E-state index contributed by atoms with van der Waals surface area (Å²) >= 11 is 0. The molecule has 3 aliphatic rings. The van der Waals surface area contributed by atoms with Crippen molar-refractivity contribution < 1.29 is 9.53 Å². The van der Waals surface area contributed by atoms with Gasteiger partial charge in [0.15, 0.2) is 0 Å². The summed E-state index contributed by atoms with van der Waals surface area (Å²) in [6.07, 6.45) is 6.71. The number of aliphatic imine (C=N–C) groups is 2. The van der Waals surface area contributed by atoms with Crippen LogP contribution in [0.1, 0.15) is 47.5 Å². The van der Waals surface area contributed by atoms with Crippen molar-refractivity contribution >= 4 is 23.8 Å². The van der Waals surface area contributed by atoms with E-state index in [-0.39, 0.29) is 11.8 Å². The summed E-state index contributed by atoms with van der Waals surface area (Å²) in [4.78, 5) is 26.9. The second kappa shape index (κ2) is 10.4. The van der Waals surface area contributed by atoms with Crippen LogP contribution in [0, 0.1) is 0 Å². The van der Waals surface area contributed by atoms with Crippen molar-refractivity contribution in [2.75, 3.05) is 45.2 Å². The Kier molecular flexibility index (Phi) is 6.90. The molecule has 1 N–H and O–H groups in total. The van der Waals surface area contributed by atoms with Crippen LogP contribution in [0.15, 0.2) is 58.5 Å². The van der Waals surface area contributed by atoms with Crippen molar-refractivity contribution in [2.24, 2.45) is 9.98 Å². The summed E-state index contributed by atoms with van der Waals surface area (Å²) in [5.74, 6) is 1.67. The monoisotopic (exact) mass is 459 g/mol. The van der Waals surface area contributed by atoms with E-state index in [1.165, 1.54) is 25.9 Å². The van der Waals surface area contributed by atoms with E-state index in [4.69, 9.17) is 4.74 Å². The molecular formula is C27H33N5O2. The molecule has 0 aromatic heterocycles. The third-order valence-corrected chi connectivity index (χ3v) is 7.13. The Morgan fingerprint density at radius 1 is 1.03 bits per heavy atom. The predicted octanol–water partition coefficient (Wildman–Crippen LogP) is 4.03. The van der Waals surface area contributed by atoms with Crippen LogP contribution in [-0.4, -0.2) is 73.8 Å². The summed E-state index contributed by atoms with van der Waals surface area (Å²) in [5, 5.41) is 3.27. The van der Waals surface area contributed by atoms with Crippen LogP contribution in [0.25, 0.3) is 0 Å². The van der Waals surface area contributed by atoms with Crippen molar-refractivity contribution in [3.63, 3.8) is 0 Å². The molecule has 2 fully saturated rings. The van der Waals surface area contributed by atoms with Gasteiger partial charge in [-0.25, -0.2) is 4.99 Å². The molecule has 2 aromatic rings. The number of carbonyl (C=O) groups is 1. The molecule has 7 heteroatoms. The van der Waals surface area contributed by atoms with Gasteiger partial charge in [0.25, 0.3) is 5.91 Å². The summed E-state index contributed by atoms with van der Waals surface area (Å²) in [6, 6.07) is 16.3. The number of guanidine groups is 1. The van der Waals surface area contributed by atoms with Crippen molar-refractivity contribution in [1.82, 2.24) is 9.80 Å². The number of rotatable bonds is 5. The molecule has 0 radical (unpaired) electrons. The van der Waals surface area contributed by atoms with E-state index in [1.54, 1.807) is 7.11 Å². The van der Waals surface area contributed by atoms with Crippen molar-refractivity contribution in [3.05, 3.63) is 59.7 Å². The molecule has 1 atom stereocenters. The van der Waals surface area contributed by atoms with Crippen LogP contribution in [-0.2, 0) is 0 Å². The van der Waals surface area contributed by atoms with Gasteiger partial charge in [0.1, 0.15) is 5.75 Å². The van der Waals surface area contributed by atoms with Gasteiger partial charge in [0, 0.05) is 42.5 Å². The fourth-order valence-corrected chi connectivity index (χ4v) is 5.13. The van der Waals surface area contributed by atoms with Gasteiger partial charge in [-0.15, -0.1) is 0 Å². The van der Waals surface area contributed by atoms with Gasteiger partial charge in [-0.3, -0.25) is 9.79 Å². The van der Waals surface area contributed by atoms with E-state index in [1.807, 2.05) is 59.6 Å². The number of benzene rings is 2. The number of carbonyl (C=O) groups excluding carboxylic acids is 1. The number of nitrogens with one attached hydrogen (secondary N) is 1. The predicted molar refractivity (Wildman–Crippen MR) is 136 cm³/mol. The average molecular weight is 460 g/mol. The Hall–Kier alpha value is -3.19. The molecule has 2 aromatic carbocycles. The second-order valence-electron chi connectivity index (χ2n) is 9.29. The maximum Gasteiger partial charge on any atom is 0.253 e. The molecule has 1 unspecified atom stereocenters. The fourth-order valence-electron chi connectivity index (χ4n) is 5.13. The lowest BCUT2D eigenvalue weighted by molar-refractivity contribution is 0.0644. The van der Waals surface area contributed by atoms with Gasteiger partial charge < -0.3 is 19.9 Å². The SMILES string of the molecule is COc1ccc(C2C=NC(Nc3cccc(C(=O)N4CCC(N5CCCC5)CC4)c3)=NC2)cc1. The number of amides is 1. The molecule has 0 aliphatic carbocycles. The minimum absolute atomic E-state index is 0.108. The summed E-state index contributed by atoms with van der Waals surface area (Å²) in [5.41, 5.74) is 2.70. The lowest BCUT2D eigenvalue weighted by Gasteiger charge is -2.36. The zero-order chi connectivity index (χ0) is 23.3.